The van der Waals surface area contributed by atoms with Crippen molar-refractivity contribution in [1.82, 2.24) is 0 Å². The fourth-order valence-corrected chi connectivity index (χ4v) is 2.56. The van der Waals surface area contributed by atoms with Crippen LogP contribution in [0.15, 0.2) is 0 Å². The average Bonchev–Trinajstić information content (AvgIpc) is 2.43. The van der Waals surface area contributed by atoms with Crippen LogP contribution in [0.3, 0.4) is 0 Å². The summed E-state index contributed by atoms with van der Waals surface area (Å²) in [5.74, 6) is -0.920. The average molecular weight is 360 g/mol. The maximum atomic E-state index is 11.3. The number of rotatable bonds is 15. The quantitative estimate of drug-likeness (QED) is 0.206. The van der Waals surface area contributed by atoms with E-state index in [1.54, 1.807) is 0 Å². The minimum absolute atomic E-state index is 0. The van der Waals surface area contributed by atoms with Gasteiger partial charge in [0, 0.05) is 6.42 Å². The van der Waals surface area contributed by atoms with E-state index in [9.17, 15) is 13.2 Å². The van der Waals surface area contributed by atoms with Gasteiger partial charge >= 0.3 is 35.5 Å². The van der Waals surface area contributed by atoms with Crippen LogP contribution in [0.5, 0.6) is 0 Å². The number of unbranched alkanes of at least 4 members (excludes halogenated alkanes) is 10. The smallest absolute Gasteiger partial charge is 1.00 e. The van der Waals surface area contributed by atoms with Crippen LogP contribution in [0, 0.1) is 0 Å². The van der Waals surface area contributed by atoms with Crippen LogP contribution in [0.25, 0.3) is 0 Å². The number of ether oxygens (including phenoxy) is 1. The Morgan fingerprint density at radius 3 is 1.78 bits per heavy atom. The second-order valence-electron chi connectivity index (χ2n) is 5.79. The Balaban J connectivity index is -0.00000220. The standard InChI is InChI=1S/C16H32O5S.Na.H/c1-2-3-4-5-6-7-8-9-10-11-12-13-16(17)21-14-15-22(18,19)20;;/h2-15H2,1H3,(H,18,19,20);;/q;+1;-1. The molecule has 0 aromatic carbocycles. The van der Waals surface area contributed by atoms with Gasteiger partial charge in [-0.25, -0.2) is 0 Å². The van der Waals surface area contributed by atoms with Crippen molar-refractivity contribution in [2.24, 2.45) is 0 Å². The van der Waals surface area contributed by atoms with E-state index >= 15 is 0 Å². The number of carbonyl (C=O) groups is 1. The van der Waals surface area contributed by atoms with Gasteiger partial charge in [-0.05, 0) is 6.42 Å². The molecule has 0 aliphatic carbocycles. The molecule has 5 nitrogen and oxygen atoms in total. The van der Waals surface area contributed by atoms with Gasteiger partial charge in [0.15, 0.2) is 0 Å². The second kappa shape index (κ2) is 17.2. The Hall–Kier alpha value is 0.380. The molecule has 0 atom stereocenters. The van der Waals surface area contributed by atoms with Crippen molar-refractivity contribution in [2.45, 2.75) is 84.0 Å². The molecule has 0 amide bonds. The van der Waals surface area contributed by atoms with Gasteiger partial charge in [-0.2, -0.15) is 8.42 Å². The molecule has 0 radical (unpaired) electrons. The van der Waals surface area contributed by atoms with Gasteiger partial charge in [0.05, 0.1) is 0 Å². The molecule has 1 N–H and O–H groups in total. The zero-order valence-electron chi connectivity index (χ0n) is 15.9. The maximum Gasteiger partial charge on any atom is 1.00 e. The molecule has 0 aliphatic rings. The van der Waals surface area contributed by atoms with Crippen molar-refractivity contribution in [1.29, 1.82) is 0 Å². The third-order valence-corrected chi connectivity index (χ3v) is 4.27. The Morgan fingerprint density at radius 1 is 0.913 bits per heavy atom. The topological polar surface area (TPSA) is 80.7 Å². The zero-order valence-corrected chi connectivity index (χ0v) is 17.7. The van der Waals surface area contributed by atoms with Crippen LogP contribution in [0.2, 0.25) is 0 Å². The summed E-state index contributed by atoms with van der Waals surface area (Å²) in [6.45, 7) is 1.96. The minimum atomic E-state index is -4.04. The fourth-order valence-electron chi connectivity index (χ4n) is 2.27. The first-order chi connectivity index (χ1) is 10.5. The Kier molecular flexibility index (Phi) is 19.2. The van der Waals surface area contributed by atoms with Crippen LogP contribution in [0.1, 0.15) is 85.4 Å². The number of carbonyl (C=O) groups excluding carboxylic acids is 1. The van der Waals surface area contributed by atoms with Crippen molar-refractivity contribution in [3.05, 3.63) is 0 Å². The van der Waals surface area contributed by atoms with Crippen molar-refractivity contribution < 1.29 is 53.5 Å². The molecule has 0 bridgehead atoms. The van der Waals surface area contributed by atoms with Crippen LogP contribution < -0.4 is 29.6 Å². The fraction of sp³-hybridized carbons (Fsp3) is 0.938. The van der Waals surface area contributed by atoms with Gasteiger partial charge in [-0.15, -0.1) is 0 Å². The maximum absolute atomic E-state index is 11.3. The van der Waals surface area contributed by atoms with Crippen molar-refractivity contribution >= 4 is 16.1 Å². The Bertz CT molecular complexity index is 377. The van der Waals surface area contributed by atoms with E-state index in [0.29, 0.717) is 6.42 Å². The van der Waals surface area contributed by atoms with E-state index in [1.165, 1.54) is 51.4 Å². The van der Waals surface area contributed by atoms with E-state index in [2.05, 4.69) is 6.92 Å². The summed E-state index contributed by atoms with van der Waals surface area (Å²) in [5, 5.41) is 0. The molecule has 23 heavy (non-hydrogen) atoms. The third-order valence-electron chi connectivity index (χ3n) is 3.59. The van der Waals surface area contributed by atoms with Gasteiger partial charge in [-0.1, -0.05) is 71.1 Å². The number of hydrogen-bond donors (Lipinski definition) is 1. The summed E-state index contributed by atoms with van der Waals surface area (Å²) in [6, 6.07) is 0. The van der Waals surface area contributed by atoms with Crippen LogP contribution in [0.4, 0.5) is 0 Å². The summed E-state index contributed by atoms with van der Waals surface area (Å²) in [4.78, 5) is 11.3. The Morgan fingerprint density at radius 2 is 1.35 bits per heavy atom. The summed E-state index contributed by atoms with van der Waals surface area (Å²) in [7, 11) is -4.04. The molecule has 0 heterocycles. The molecule has 0 aromatic rings. The first-order valence-electron chi connectivity index (χ1n) is 8.56. The molecule has 0 unspecified atom stereocenters. The normalized spacial score (nSPS) is 11.0. The van der Waals surface area contributed by atoms with Crippen molar-refractivity contribution in [3.8, 4) is 0 Å². The van der Waals surface area contributed by atoms with Gasteiger partial charge in [0.1, 0.15) is 12.4 Å². The SMILES string of the molecule is CCCCCCCCCCCCCC(=O)OCCS(=O)(=O)O.[H-].[Na+]. The van der Waals surface area contributed by atoms with E-state index in [-0.39, 0.29) is 43.6 Å². The van der Waals surface area contributed by atoms with E-state index in [0.717, 1.165) is 19.3 Å². The van der Waals surface area contributed by atoms with Crippen molar-refractivity contribution in [3.63, 3.8) is 0 Å². The predicted molar refractivity (Wildman–Crippen MR) is 89.6 cm³/mol. The van der Waals surface area contributed by atoms with E-state index in [1.807, 2.05) is 0 Å². The first-order valence-corrected chi connectivity index (χ1v) is 10.2. The first kappa shape index (κ1) is 25.6. The van der Waals surface area contributed by atoms with Crippen molar-refractivity contribution in [2.75, 3.05) is 12.4 Å². The molecule has 0 aliphatic heterocycles. The summed E-state index contributed by atoms with van der Waals surface area (Å²) >= 11 is 0. The number of hydrogen-bond acceptors (Lipinski definition) is 4. The van der Waals surface area contributed by atoms with Gasteiger partial charge in [0.2, 0.25) is 0 Å². The molecule has 0 fully saturated rings. The monoisotopic (exact) mass is 360 g/mol. The molecule has 0 spiro atoms. The van der Waals surface area contributed by atoms with Crippen LogP contribution >= 0.6 is 0 Å². The molecule has 0 saturated carbocycles. The van der Waals surface area contributed by atoms with E-state index in [4.69, 9.17) is 9.29 Å². The van der Waals surface area contributed by atoms with E-state index < -0.39 is 15.9 Å². The summed E-state index contributed by atoms with van der Waals surface area (Å²) in [5.41, 5.74) is 0. The second-order valence-corrected chi connectivity index (χ2v) is 7.36. The predicted octanol–water partition coefficient (Wildman–Crippen LogP) is 1.24. The zero-order chi connectivity index (χ0) is 16.7. The molecular formula is C16H33NaO5S. The molecule has 0 rings (SSSR count). The largest absolute Gasteiger partial charge is 1.00 e. The van der Waals surface area contributed by atoms with Gasteiger partial charge < -0.3 is 6.16 Å². The summed E-state index contributed by atoms with van der Waals surface area (Å²) in [6.07, 6.45) is 13.7. The number of esters is 1. The van der Waals surface area contributed by atoms with Gasteiger partial charge in [-0.3, -0.25) is 9.35 Å². The Labute approximate surface area is 165 Å². The molecule has 7 heteroatoms. The molecular weight excluding hydrogens is 327 g/mol. The van der Waals surface area contributed by atoms with Crippen LogP contribution in [-0.4, -0.2) is 31.3 Å². The van der Waals surface area contributed by atoms with Gasteiger partial charge in [0.25, 0.3) is 10.1 Å². The minimum Gasteiger partial charge on any atom is -1.00 e. The van der Waals surface area contributed by atoms with Crippen LogP contribution in [-0.2, 0) is 19.6 Å². The summed E-state index contributed by atoms with van der Waals surface area (Å²) < 4.78 is 34.1. The molecule has 134 valence electrons. The molecule has 0 saturated heterocycles. The third kappa shape index (κ3) is 22.4. The molecule has 0 aromatic heterocycles.